The van der Waals surface area contributed by atoms with Gasteiger partial charge in [-0.25, -0.2) is 4.52 Å². The molecule has 6 heteroatoms. The molecule has 0 aliphatic heterocycles. The molecule has 0 saturated carbocycles. The van der Waals surface area contributed by atoms with E-state index in [9.17, 15) is 5.11 Å². The first-order valence-corrected chi connectivity index (χ1v) is 5.71. The van der Waals surface area contributed by atoms with Crippen molar-refractivity contribution in [3.8, 4) is 22.9 Å². The zero-order valence-corrected chi connectivity index (χ0v) is 10.5. The van der Waals surface area contributed by atoms with Crippen LogP contribution < -0.4 is 0 Å². The molecule has 0 atom stereocenters. The van der Waals surface area contributed by atoms with Gasteiger partial charge in [0.2, 0.25) is 0 Å². The van der Waals surface area contributed by atoms with Crippen molar-refractivity contribution in [3.05, 3.63) is 35.9 Å². The average Bonchev–Trinajstić information content (AvgIpc) is 2.95. The Morgan fingerprint density at radius 3 is 2.74 bits per heavy atom. The number of hydrogen-bond donors (Lipinski definition) is 1. The van der Waals surface area contributed by atoms with E-state index in [1.165, 1.54) is 10.7 Å². The molecule has 0 spiro atoms. The zero-order valence-electron chi connectivity index (χ0n) is 10.5. The number of fused-ring (bicyclic) bond motifs is 1. The molecule has 3 aromatic heterocycles. The first-order valence-electron chi connectivity index (χ1n) is 5.71. The summed E-state index contributed by atoms with van der Waals surface area (Å²) in [5.74, 6) is 0.0369. The number of nitriles is 1. The van der Waals surface area contributed by atoms with Crippen LogP contribution >= 0.6 is 0 Å². The van der Waals surface area contributed by atoms with Crippen LogP contribution in [0.5, 0.6) is 5.75 Å². The van der Waals surface area contributed by atoms with Crippen LogP contribution in [0.4, 0.5) is 0 Å². The van der Waals surface area contributed by atoms with Crippen molar-refractivity contribution in [2.45, 2.75) is 6.92 Å². The Balaban J connectivity index is 2.28. The van der Waals surface area contributed by atoms with Crippen LogP contribution in [-0.4, -0.2) is 24.5 Å². The average molecular weight is 253 g/mol. The number of aromatic nitrogens is 4. The van der Waals surface area contributed by atoms with E-state index in [1.807, 2.05) is 20.0 Å². The second kappa shape index (κ2) is 3.85. The van der Waals surface area contributed by atoms with Gasteiger partial charge in [0.05, 0.1) is 12.4 Å². The predicted octanol–water partition coefficient (Wildman–Crippen LogP) is 1.62. The standard InChI is InChI=1S/C13H11N5O/c1-8-11(6-15-17(8)2)9-3-12(19)13-10(4-14)5-16-18(13)7-9/h3,5-7,19H,1-2H3. The molecule has 0 aliphatic rings. The fourth-order valence-corrected chi connectivity index (χ4v) is 2.11. The highest BCUT2D eigenvalue weighted by Gasteiger charge is 2.13. The van der Waals surface area contributed by atoms with Gasteiger partial charge >= 0.3 is 0 Å². The van der Waals surface area contributed by atoms with E-state index in [4.69, 9.17) is 5.26 Å². The third-order valence-electron chi connectivity index (χ3n) is 3.26. The maximum atomic E-state index is 10.1. The minimum atomic E-state index is 0.0369. The van der Waals surface area contributed by atoms with E-state index in [2.05, 4.69) is 10.2 Å². The summed E-state index contributed by atoms with van der Waals surface area (Å²) in [5, 5.41) is 27.3. The maximum absolute atomic E-state index is 10.1. The predicted molar refractivity (Wildman–Crippen MR) is 68.5 cm³/mol. The van der Waals surface area contributed by atoms with Gasteiger partial charge in [0.15, 0.2) is 0 Å². The molecule has 0 aliphatic carbocycles. The Bertz CT molecular complexity index is 822. The normalized spacial score (nSPS) is 10.8. The first-order chi connectivity index (χ1) is 9.11. The summed E-state index contributed by atoms with van der Waals surface area (Å²) >= 11 is 0. The fourth-order valence-electron chi connectivity index (χ4n) is 2.11. The highest BCUT2D eigenvalue weighted by atomic mass is 16.3. The van der Waals surface area contributed by atoms with Crippen molar-refractivity contribution in [3.63, 3.8) is 0 Å². The number of aromatic hydroxyl groups is 1. The Hall–Kier alpha value is -2.81. The third kappa shape index (κ3) is 1.56. The topological polar surface area (TPSA) is 79.1 Å². The van der Waals surface area contributed by atoms with Gasteiger partial charge in [-0.3, -0.25) is 4.68 Å². The summed E-state index contributed by atoms with van der Waals surface area (Å²) in [6, 6.07) is 3.63. The molecule has 0 bridgehead atoms. The highest BCUT2D eigenvalue weighted by Crippen LogP contribution is 2.30. The molecule has 94 valence electrons. The second-order valence-corrected chi connectivity index (χ2v) is 4.34. The monoisotopic (exact) mass is 253 g/mol. The van der Waals surface area contributed by atoms with Crippen molar-refractivity contribution in [1.82, 2.24) is 19.4 Å². The summed E-state index contributed by atoms with van der Waals surface area (Å²) in [6.07, 6.45) is 4.96. The van der Waals surface area contributed by atoms with E-state index in [0.29, 0.717) is 11.1 Å². The van der Waals surface area contributed by atoms with Crippen LogP contribution in [-0.2, 0) is 7.05 Å². The van der Waals surface area contributed by atoms with Crippen LogP contribution in [0.15, 0.2) is 24.7 Å². The van der Waals surface area contributed by atoms with Crippen LogP contribution in [0.25, 0.3) is 16.6 Å². The van der Waals surface area contributed by atoms with Gasteiger partial charge in [-0.1, -0.05) is 0 Å². The van der Waals surface area contributed by atoms with Crippen LogP contribution in [0.3, 0.4) is 0 Å². The van der Waals surface area contributed by atoms with Gasteiger partial charge in [-0.05, 0) is 13.0 Å². The largest absolute Gasteiger partial charge is 0.506 e. The van der Waals surface area contributed by atoms with E-state index in [-0.39, 0.29) is 5.75 Å². The number of rotatable bonds is 1. The molecule has 19 heavy (non-hydrogen) atoms. The summed E-state index contributed by atoms with van der Waals surface area (Å²) in [7, 11) is 1.86. The molecule has 0 unspecified atom stereocenters. The molecule has 1 N–H and O–H groups in total. The molecule has 0 amide bonds. The molecular formula is C13H11N5O. The smallest absolute Gasteiger partial charge is 0.143 e. The summed E-state index contributed by atoms with van der Waals surface area (Å²) in [6.45, 7) is 1.95. The Kier molecular flexibility index (Phi) is 2.29. The van der Waals surface area contributed by atoms with Crippen LogP contribution in [0.1, 0.15) is 11.3 Å². The third-order valence-corrected chi connectivity index (χ3v) is 3.26. The van der Waals surface area contributed by atoms with Crippen molar-refractivity contribution in [1.29, 1.82) is 5.26 Å². The van der Waals surface area contributed by atoms with Gasteiger partial charge in [0, 0.05) is 30.1 Å². The number of nitrogens with zero attached hydrogens (tertiary/aromatic N) is 5. The molecule has 3 aromatic rings. The lowest BCUT2D eigenvalue weighted by molar-refractivity contribution is 0.478. The van der Waals surface area contributed by atoms with Gasteiger partial charge in [-0.2, -0.15) is 15.5 Å². The number of pyridine rings is 1. The first kappa shape index (κ1) is 11.3. The number of hydrogen-bond acceptors (Lipinski definition) is 4. The lowest BCUT2D eigenvalue weighted by Gasteiger charge is -2.04. The van der Waals surface area contributed by atoms with Crippen molar-refractivity contribution >= 4 is 5.52 Å². The van der Waals surface area contributed by atoms with Crippen LogP contribution in [0.2, 0.25) is 0 Å². The van der Waals surface area contributed by atoms with E-state index in [0.717, 1.165) is 16.8 Å². The zero-order chi connectivity index (χ0) is 13.6. The van der Waals surface area contributed by atoms with Gasteiger partial charge < -0.3 is 5.11 Å². The molecule has 0 fully saturated rings. The van der Waals surface area contributed by atoms with Crippen LogP contribution in [0, 0.1) is 18.3 Å². The Morgan fingerprint density at radius 2 is 2.11 bits per heavy atom. The van der Waals surface area contributed by atoms with E-state index >= 15 is 0 Å². The molecule has 0 aromatic carbocycles. The lowest BCUT2D eigenvalue weighted by atomic mass is 10.1. The molecule has 3 heterocycles. The van der Waals surface area contributed by atoms with Crippen molar-refractivity contribution in [2.24, 2.45) is 7.05 Å². The minimum absolute atomic E-state index is 0.0369. The van der Waals surface area contributed by atoms with Gasteiger partial charge in [0.25, 0.3) is 0 Å². The SMILES string of the molecule is Cc1c(-c2cc(O)c3c(C#N)cnn3c2)cnn1C. The maximum Gasteiger partial charge on any atom is 0.143 e. The summed E-state index contributed by atoms with van der Waals surface area (Å²) < 4.78 is 3.27. The Labute approximate surface area is 109 Å². The number of aryl methyl sites for hydroxylation is 1. The van der Waals surface area contributed by atoms with E-state index in [1.54, 1.807) is 23.1 Å². The van der Waals surface area contributed by atoms with Gasteiger partial charge in [-0.15, -0.1) is 0 Å². The fraction of sp³-hybridized carbons (Fsp3) is 0.154. The van der Waals surface area contributed by atoms with Crippen molar-refractivity contribution in [2.75, 3.05) is 0 Å². The molecule has 3 rings (SSSR count). The molecular weight excluding hydrogens is 242 g/mol. The van der Waals surface area contributed by atoms with Crippen molar-refractivity contribution < 1.29 is 5.11 Å². The summed E-state index contributed by atoms with van der Waals surface area (Å²) in [4.78, 5) is 0. The second-order valence-electron chi connectivity index (χ2n) is 4.34. The molecule has 6 nitrogen and oxygen atoms in total. The molecule has 0 radical (unpaired) electrons. The van der Waals surface area contributed by atoms with Gasteiger partial charge in [0.1, 0.15) is 22.9 Å². The summed E-state index contributed by atoms with van der Waals surface area (Å²) in [5.41, 5.74) is 3.50. The van der Waals surface area contributed by atoms with E-state index < -0.39 is 0 Å². The minimum Gasteiger partial charge on any atom is -0.506 e. The lowest BCUT2D eigenvalue weighted by Crippen LogP contribution is -1.94. The quantitative estimate of drug-likeness (QED) is 0.714. The molecule has 0 saturated heterocycles. The highest BCUT2D eigenvalue weighted by molar-refractivity contribution is 5.75. The Morgan fingerprint density at radius 1 is 1.32 bits per heavy atom.